The van der Waals surface area contributed by atoms with Crippen molar-refractivity contribution in [2.24, 2.45) is 0 Å². The normalized spacial score (nSPS) is 17.1. The number of aromatic nitrogens is 2. The summed E-state index contributed by atoms with van der Waals surface area (Å²) in [6.07, 6.45) is 1.77. The van der Waals surface area contributed by atoms with Gasteiger partial charge < -0.3 is 9.42 Å². The second-order valence-corrected chi connectivity index (χ2v) is 8.31. The molecule has 1 saturated heterocycles. The van der Waals surface area contributed by atoms with Gasteiger partial charge in [0, 0.05) is 17.7 Å². The highest BCUT2D eigenvalue weighted by molar-refractivity contribution is 5.94. The first-order valence-corrected chi connectivity index (χ1v) is 9.74. The van der Waals surface area contributed by atoms with Gasteiger partial charge in [-0.3, -0.25) is 4.79 Å². The Hall–Kier alpha value is -2.95. The maximum Gasteiger partial charge on any atom is 0.254 e. The quantitative estimate of drug-likeness (QED) is 0.645. The Morgan fingerprint density at radius 2 is 1.79 bits per heavy atom. The molecule has 4 rings (SSSR count). The molecule has 2 aromatic carbocycles. The third-order valence-corrected chi connectivity index (χ3v) is 5.27. The highest BCUT2D eigenvalue weighted by atomic mass is 16.5. The number of likely N-dealkylation sites (tertiary alicyclic amines) is 1. The van der Waals surface area contributed by atoms with Crippen molar-refractivity contribution in [2.45, 2.75) is 45.1 Å². The molecule has 0 saturated carbocycles. The molecule has 3 aromatic rings. The molecule has 2 heterocycles. The predicted molar refractivity (Wildman–Crippen MR) is 108 cm³/mol. The first kappa shape index (κ1) is 18.4. The molecule has 5 heteroatoms. The van der Waals surface area contributed by atoms with Crippen LogP contribution in [0.15, 0.2) is 59.1 Å². The molecular weight excluding hydrogens is 350 g/mol. The molecule has 1 aromatic heterocycles. The molecule has 1 fully saturated rings. The largest absolute Gasteiger partial charge is 0.337 e. The van der Waals surface area contributed by atoms with Gasteiger partial charge in [-0.15, -0.1) is 0 Å². The fourth-order valence-corrected chi connectivity index (χ4v) is 3.62. The van der Waals surface area contributed by atoms with Crippen LogP contribution in [0.5, 0.6) is 0 Å². The van der Waals surface area contributed by atoms with Gasteiger partial charge in [0.15, 0.2) is 0 Å². The molecule has 0 N–H and O–H groups in total. The number of hydrogen-bond acceptors (Lipinski definition) is 4. The van der Waals surface area contributed by atoms with Crippen LogP contribution < -0.4 is 0 Å². The molecule has 5 nitrogen and oxygen atoms in total. The summed E-state index contributed by atoms with van der Waals surface area (Å²) in [6, 6.07) is 17.5. The van der Waals surface area contributed by atoms with Crippen LogP contribution in [0.25, 0.3) is 11.4 Å². The number of amides is 1. The Morgan fingerprint density at radius 1 is 1.07 bits per heavy atom. The van der Waals surface area contributed by atoms with Gasteiger partial charge in [0.2, 0.25) is 11.7 Å². The molecule has 144 valence electrons. The molecule has 0 bridgehead atoms. The SMILES string of the molecule is CC(C)(C)c1ccc(C(=O)N2CCC[C@H]2c2nc(-c3ccccc3)no2)cc1. The topological polar surface area (TPSA) is 59.2 Å². The standard InChI is InChI=1S/C23H25N3O2/c1-23(2,3)18-13-11-17(12-14-18)22(27)26-15-7-10-19(26)21-24-20(25-28-21)16-8-5-4-6-9-16/h4-6,8-9,11-14,19H,7,10,15H2,1-3H3/t19-/m0/s1. The van der Waals surface area contributed by atoms with Gasteiger partial charge >= 0.3 is 0 Å². The van der Waals surface area contributed by atoms with E-state index in [4.69, 9.17) is 4.52 Å². The third-order valence-electron chi connectivity index (χ3n) is 5.27. The lowest BCUT2D eigenvalue weighted by atomic mass is 9.86. The second kappa shape index (κ2) is 7.23. The average molecular weight is 375 g/mol. The molecule has 0 unspecified atom stereocenters. The highest BCUT2D eigenvalue weighted by Crippen LogP contribution is 2.33. The van der Waals surface area contributed by atoms with E-state index in [1.165, 1.54) is 5.56 Å². The summed E-state index contributed by atoms with van der Waals surface area (Å²) >= 11 is 0. The van der Waals surface area contributed by atoms with E-state index in [1.54, 1.807) is 0 Å². The summed E-state index contributed by atoms with van der Waals surface area (Å²) in [7, 11) is 0. The van der Waals surface area contributed by atoms with E-state index >= 15 is 0 Å². The Bertz CT molecular complexity index is 956. The van der Waals surface area contributed by atoms with Crippen molar-refractivity contribution < 1.29 is 9.32 Å². The number of benzene rings is 2. The lowest BCUT2D eigenvalue weighted by Crippen LogP contribution is -2.30. The number of nitrogens with zero attached hydrogens (tertiary/aromatic N) is 3. The van der Waals surface area contributed by atoms with Crippen molar-refractivity contribution >= 4 is 5.91 Å². The van der Waals surface area contributed by atoms with Gasteiger partial charge in [-0.05, 0) is 36.0 Å². The minimum absolute atomic E-state index is 0.0161. The smallest absolute Gasteiger partial charge is 0.254 e. The Labute approximate surface area is 165 Å². The predicted octanol–water partition coefficient (Wildman–Crippen LogP) is 5.01. The van der Waals surface area contributed by atoms with Crippen molar-refractivity contribution in [3.8, 4) is 11.4 Å². The number of hydrogen-bond donors (Lipinski definition) is 0. The van der Waals surface area contributed by atoms with Crippen LogP contribution >= 0.6 is 0 Å². The zero-order valence-electron chi connectivity index (χ0n) is 16.6. The molecule has 0 aliphatic carbocycles. The van der Waals surface area contributed by atoms with E-state index in [2.05, 4.69) is 30.9 Å². The minimum atomic E-state index is -0.167. The van der Waals surface area contributed by atoms with E-state index in [1.807, 2.05) is 59.5 Å². The second-order valence-electron chi connectivity index (χ2n) is 8.31. The van der Waals surface area contributed by atoms with E-state index in [9.17, 15) is 4.79 Å². The van der Waals surface area contributed by atoms with Gasteiger partial charge in [-0.1, -0.05) is 68.4 Å². The molecule has 1 atom stereocenters. The zero-order chi connectivity index (χ0) is 19.7. The zero-order valence-corrected chi connectivity index (χ0v) is 16.6. The fourth-order valence-electron chi connectivity index (χ4n) is 3.62. The van der Waals surface area contributed by atoms with Gasteiger partial charge in [-0.2, -0.15) is 4.98 Å². The van der Waals surface area contributed by atoms with Crippen molar-refractivity contribution in [3.05, 3.63) is 71.6 Å². The number of carbonyl (C=O) groups is 1. The van der Waals surface area contributed by atoms with Crippen LogP contribution in [-0.4, -0.2) is 27.5 Å². The molecule has 1 aliphatic rings. The van der Waals surface area contributed by atoms with Gasteiger partial charge in [0.05, 0.1) is 0 Å². The summed E-state index contributed by atoms with van der Waals surface area (Å²) in [5.41, 5.74) is 2.88. The first-order valence-electron chi connectivity index (χ1n) is 9.74. The van der Waals surface area contributed by atoms with Gasteiger partial charge in [-0.25, -0.2) is 0 Å². The number of carbonyl (C=O) groups excluding carboxylic acids is 1. The van der Waals surface area contributed by atoms with Crippen molar-refractivity contribution in [1.82, 2.24) is 15.0 Å². The van der Waals surface area contributed by atoms with Gasteiger partial charge in [0.1, 0.15) is 6.04 Å². The average Bonchev–Trinajstić information content (AvgIpc) is 3.37. The van der Waals surface area contributed by atoms with Crippen molar-refractivity contribution in [2.75, 3.05) is 6.54 Å². The van der Waals surface area contributed by atoms with E-state index in [-0.39, 0.29) is 17.4 Å². The summed E-state index contributed by atoms with van der Waals surface area (Å²) in [6.45, 7) is 7.20. The van der Waals surface area contributed by atoms with E-state index in [0.717, 1.165) is 18.4 Å². The van der Waals surface area contributed by atoms with Crippen LogP contribution in [-0.2, 0) is 5.41 Å². The van der Waals surface area contributed by atoms with Crippen molar-refractivity contribution in [1.29, 1.82) is 0 Å². The van der Waals surface area contributed by atoms with Crippen LogP contribution in [0.1, 0.15) is 61.5 Å². The summed E-state index contributed by atoms with van der Waals surface area (Å²) < 4.78 is 5.53. The summed E-state index contributed by atoms with van der Waals surface area (Å²) in [5, 5.41) is 4.11. The maximum absolute atomic E-state index is 13.1. The molecule has 0 spiro atoms. The fraction of sp³-hybridized carbons (Fsp3) is 0.348. The monoisotopic (exact) mass is 375 g/mol. The Kier molecular flexibility index (Phi) is 4.75. The summed E-state index contributed by atoms with van der Waals surface area (Å²) in [5.74, 6) is 1.09. The van der Waals surface area contributed by atoms with E-state index in [0.29, 0.717) is 23.8 Å². The lowest BCUT2D eigenvalue weighted by Gasteiger charge is -2.23. The third kappa shape index (κ3) is 3.57. The van der Waals surface area contributed by atoms with Crippen LogP contribution in [0, 0.1) is 0 Å². The van der Waals surface area contributed by atoms with Gasteiger partial charge in [0.25, 0.3) is 5.91 Å². The molecule has 1 aliphatic heterocycles. The van der Waals surface area contributed by atoms with E-state index < -0.39 is 0 Å². The Balaban J connectivity index is 1.55. The Morgan fingerprint density at radius 3 is 2.46 bits per heavy atom. The van der Waals surface area contributed by atoms with Crippen LogP contribution in [0.4, 0.5) is 0 Å². The molecular formula is C23H25N3O2. The first-order chi connectivity index (χ1) is 13.4. The van der Waals surface area contributed by atoms with Crippen LogP contribution in [0.2, 0.25) is 0 Å². The summed E-state index contributed by atoms with van der Waals surface area (Å²) in [4.78, 5) is 19.5. The molecule has 0 radical (unpaired) electrons. The van der Waals surface area contributed by atoms with Crippen LogP contribution in [0.3, 0.4) is 0 Å². The molecule has 1 amide bonds. The van der Waals surface area contributed by atoms with Crippen molar-refractivity contribution in [3.63, 3.8) is 0 Å². The maximum atomic E-state index is 13.1. The highest BCUT2D eigenvalue weighted by Gasteiger charge is 2.34. The lowest BCUT2D eigenvalue weighted by molar-refractivity contribution is 0.0710. The number of rotatable bonds is 3. The minimum Gasteiger partial charge on any atom is -0.337 e. The molecule has 28 heavy (non-hydrogen) atoms.